The lowest BCUT2D eigenvalue weighted by Crippen LogP contribution is -2.45. The SMILES string of the molecule is CCC(N)CCCN1C(=O)N(C)Cc2ccccc21. The molecule has 4 nitrogen and oxygen atoms in total. The first-order valence-corrected chi connectivity index (χ1v) is 6.99. The van der Waals surface area contributed by atoms with E-state index in [1.54, 1.807) is 4.90 Å². The molecule has 1 aromatic rings. The van der Waals surface area contributed by atoms with Crippen LogP contribution in [0.5, 0.6) is 0 Å². The van der Waals surface area contributed by atoms with Crippen molar-refractivity contribution in [3.8, 4) is 0 Å². The summed E-state index contributed by atoms with van der Waals surface area (Å²) in [6.45, 7) is 3.54. The number of carbonyl (C=O) groups excluding carboxylic acids is 1. The minimum Gasteiger partial charge on any atom is -0.328 e. The molecule has 2 N–H and O–H groups in total. The molecular weight excluding hydrogens is 238 g/mol. The van der Waals surface area contributed by atoms with E-state index in [1.165, 1.54) is 5.56 Å². The molecule has 104 valence electrons. The zero-order valence-corrected chi connectivity index (χ0v) is 11.8. The second-order valence-corrected chi connectivity index (χ2v) is 5.23. The van der Waals surface area contributed by atoms with Gasteiger partial charge in [-0.15, -0.1) is 0 Å². The lowest BCUT2D eigenvalue weighted by atomic mass is 10.1. The molecule has 0 saturated carbocycles. The number of nitrogens with two attached hydrogens (primary N) is 1. The standard InChI is InChI=1S/C15H23N3O/c1-3-13(16)8-6-10-18-14-9-5-4-7-12(14)11-17(2)15(18)19/h4-5,7,9,13H,3,6,8,10-11,16H2,1-2H3. The zero-order chi connectivity index (χ0) is 13.8. The maximum Gasteiger partial charge on any atom is 0.324 e. The minimum atomic E-state index is 0.0868. The summed E-state index contributed by atoms with van der Waals surface area (Å²) in [5, 5.41) is 0. The van der Waals surface area contributed by atoms with E-state index < -0.39 is 0 Å². The van der Waals surface area contributed by atoms with Crippen molar-refractivity contribution < 1.29 is 4.79 Å². The van der Waals surface area contributed by atoms with Crippen LogP contribution in [-0.4, -0.2) is 30.6 Å². The van der Waals surface area contributed by atoms with Crippen molar-refractivity contribution in [1.82, 2.24) is 4.90 Å². The molecule has 1 atom stereocenters. The number of benzene rings is 1. The second kappa shape index (κ2) is 6.06. The van der Waals surface area contributed by atoms with Gasteiger partial charge in [0.25, 0.3) is 0 Å². The summed E-state index contributed by atoms with van der Waals surface area (Å²) in [6.07, 6.45) is 2.90. The predicted octanol–water partition coefficient (Wildman–Crippen LogP) is 2.58. The fourth-order valence-corrected chi connectivity index (χ4v) is 2.47. The molecule has 0 saturated heterocycles. The van der Waals surface area contributed by atoms with Gasteiger partial charge in [0.2, 0.25) is 0 Å². The number of urea groups is 1. The highest BCUT2D eigenvalue weighted by Gasteiger charge is 2.27. The van der Waals surface area contributed by atoms with E-state index >= 15 is 0 Å². The van der Waals surface area contributed by atoms with Crippen LogP contribution in [0.4, 0.5) is 10.5 Å². The Balaban J connectivity index is 2.07. The lowest BCUT2D eigenvalue weighted by Gasteiger charge is -2.35. The van der Waals surface area contributed by atoms with Crippen molar-refractivity contribution in [2.45, 2.75) is 38.8 Å². The molecular formula is C15H23N3O. The number of nitrogens with zero attached hydrogens (tertiary/aromatic N) is 2. The zero-order valence-electron chi connectivity index (χ0n) is 11.8. The first-order chi connectivity index (χ1) is 9.13. The van der Waals surface area contributed by atoms with Crippen molar-refractivity contribution in [3.05, 3.63) is 29.8 Å². The van der Waals surface area contributed by atoms with Crippen LogP contribution in [0.3, 0.4) is 0 Å². The molecule has 1 aromatic carbocycles. The maximum absolute atomic E-state index is 12.3. The number of rotatable bonds is 5. The normalized spacial score (nSPS) is 16.5. The van der Waals surface area contributed by atoms with Crippen LogP contribution < -0.4 is 10.6 Å². The molecule has 0 bridgehead atoms. The lowest BCUT2D eigenvalue weighted by molar-refractivity contribution is 0.210. The number of anilines is 1. The third-order valence-corrected chi connectivity index (χ3v) is 3.73. The number of para-hydroxylation sites is 1. The molecule has 2 amide bonds. The second-order valence-electron chi connectivity index (χ2n) is 5.23. The minimum absolute atomic E-state index is 0.0868. The van der Waals surface area contributed by atoms with Crippen LogP contribution in [0.2, 0.25) is 0 Å². The highest BCUT2D eigenvalue weighted by molar-refractivity contribution is 5.94. The molecule has 4 heteroatoms. The van der Waals surface area contributed by atoms with Gasteiger partial charge in [-0.3, -0.25) is 4.90 Å². The smallest absolute Gasteiger partial charge is 0.324 e. The summed E-state index contributed by atoms with van der Waals surface area (Å²) in [6, 6.07) is 8.45. The first kappa shape index (κ1) is 13.9. The first-order valence-electron chi connectivity index (χ1n) is 6.99. The van der Waals surface area contributed by atoms with Crippen LogP contribution in [-0.2, 0) is 6.54 Å². The Kier molecular flexibility index (Phi) is 4.43. The van der Waals surface area contributed by atoms with Gasteiger partial charge < -0.3 is 10.6 Å². The summed E-state index contributed by atoms with van der Waals surface area (Å²) in [4.78, 5) is 15.9. The fourth-order valence-electron chi connectivity index (χ4n) is 2.47. The maximum atomic E-state index is 12.3. The Morgan fingerprint density at radius 2 is 2.11 bits per heavy atom. The Bertz CT molecular complexity index is 447. The average Bonchev–Trinajstić information content (AvgIpc) is 2.42. The van der Waals surface area contributed by atoms with Crippen LogP contribution in [0, 0.1) is 0 Å². The van der Waals surface area contributed by atoms with Crippen molar-refractivity contribution in [2.75, 3.05) is 18.5 Å². The molecule has 1 aliphatic rings. The fraction of sp³-hybridized carbons (Fsp3) is 0.533. The Labute approximate surface area is 115 Å². The van der Waals surface area contributed by atoms with E-state index in [2.05, 4.69) is 13.0 Å². The average molecular weight is 261 g/mol. The Hall–Kier alpha value is -1.55. The third-order valence-electron chi connectivity index (χ3n) is 3.73. The summed E-state index contributed by atoms with van der Waals surface area (Å²) in [7, 11) is 1.85. The molecule has 19 heavy (non-hydrogen) atoms. The van der Waals surface area contributed by atoms with Gasteiger partial charge in [-0.25, -0.2) is 4.79 Å². The molecule has 1 unspecified atom stereocenters. The van der Waals surface area contributed by atoms with Gasteiger partial charge in [-0.1, -0.05) is 25.1 Å². The highest BCUT2D eigenvalue weighted by Crippen LogP contribution is 2.27. The number of fused-ring (bicyclic) bond motifs is 1. The van der Waals surface area contributed by atoms with Gasteiger partial charge in [0, 0.05) is 26.2 Å². The van der Waals surface area contributed by atoms with Crippen molar-refractivity contribution in [2.24, 2.45) is 5.73 Å². The van der Waals surface area contributed by atoms with Gasteiger partial charge in [0.15, 0.2) is 0 Å². The summed E-state index contributed by atoms with van der Waals surface area (Å²) in [5.74, 6) is 0. The summed E-state index contributed by atoms with van der Waals surface area (Å²) < 4.78 is 0. The van der Waals surface area contributed by atoms with Crippen molar-refractivity contribution in [3.63, 3.8) is 0 Å². The Morgan fingerprint density at radius 1 is 1.37 bits per heavy atom. The van der Waals surface area contributed by atoms with E-state index in [1.807, 2.05) is 30.1 Å². The van der Waals surface area contributed by atoms with E-state index in [4.69, 9.17) is 5.73 Å². The molecule has 1 aliphatic heterocycles. The topological polar surface area (TPSA) is 49.6 Å². The number of carbonyl (C=O) groups is 1. The van der Waals surface area contributed by atoms with Crippen LogP contribution in [0.1, 0.15) is 31.7 Å². The van der Waals surface area contributed by atoms with Crippen LogP contribution in [0.15, 0.2) is 24.3 Å². The van der Waals surface area contributed by atoms with Gasteiger partial charge >= 0.3 is 6.03 Å². The van der Waals surface area contributed by atoms with Gasteiger partial charge in [0.05, 0.1) is 5.69 Å². The van der Waals surface area contributed by atoms with Crippen molar-refractivity contribution >= 4 is 11.7 Å². The van der Waals surface area contributed by atoms with Gasteiger partial charge in [-0.05, 0) is 30.9 Å². The highest BCUT2D eigenvalue weighted by atomic mass is 16.2. The largest absolute Gasteiger partial charge is 0.328 e. The quantitative estimate of drug-likeness (QED) is 0.885. The molecule has 0 radical (unpaired) electrons. The number of amides is 2. The molecule has 2 rings (SSSR count). The van der Waals surface area contributed by atoms with Gasteiger partial charge in [-0.2, -0.15) is 0 Å². The Morgan fingerprint density at radius 3 is 2.84 bits per heavy atom. The van der Waals surface area contributed by atoms with E-state index in [0.29, 0.717) is 6.54 Å². The van der Waals surface area contributed by atoms with Gasteiger partial charge in [0.1, 0.15) is 0 Å². The molecule has 0 fully saturated rings. The van der Waals surface area contributed by atoms with E-state index in [0.717, 1.165) is 31.5 Å². The monoisotopic (exact) mass is 261 g/mol. The third kappa shape index (κ3) is 3.07. The van der Waals surface area contributed by atoms with Crippen molar-refractivity contribution in [1.29, 1.82) is 0 Å². The predicted molar refractivity (Wildman–Crippen MR) is 78.2 cm³/mol. The van der Waals surface area contributed by atoms with Crippen LogP contribution >= 0.6 is 0 Å². The van der Waals surface area contributed by atoms with Crippen LogP contribution in [0.25, 0.3) is 0 Å². The molecule has 0 aromatic heterocycles. The number of hydrogen-bond donors (Lipinski definition) is 1. The summed E-state index contributed by atoms with van der Waals surface area (Å²) >= 11 is 0. The number of hydrogen-bond acceptors (Lipinski definition) is 2. The summed E-state index contributed by atoms with van der Waals surface area (Å²) in [5.41, 5.74) is 8.20. The van der Waals surface area contributed by atoms with E-state index in [-0.39, 0.29) is 12.1 Å². The van der Waals surface area contributed by atoms with E-state index in [9.17, 15) is 4.79 Å². The molecule has 0 spiro atoms. The molecule has 1 heterocycles. The molecule has 0 aliphatic carbocycles.